The number of nitrogens with zero attached hydrogens (tertiary/aromatic N) is 1. The molecule has 334 valence electrons. The number of ether oxygens (including phenoxy) is 2. The Morgan fingerprint density at radius 3 is 2.28 bits per heavy atom. The van der Waals surface area contributed by atoms with Crippen molar-refractivity contribution >= 4 is 48.1 Å². The van der Waals surface area contributed by atoms with Crippen molar-refractivity contribution in [3.8, 4) is 28.4 Å². The number of benzene rings is 5. The summed E-state index contributed by atoms with van der Waals surface area (Å²) in [6.07, 6.45) is 9.49. The van der Waals surface area contributed by atoms with Gasteiger partial charge < -0.3 is 35.4 Å². The van der Waals surface area contributed by atoms with Gasteiger partial charge in [-0.25, -0.2) is 0 Å². The first-order chi connectivity index (χ1) is 30.6. The largest absolute Gasteiger partial charge is 0.506 e. The molecule has 0 bridgehead atoms. The van der Waals surface area contributed by atoms with Crippen LogP contribution in [0, 0.1) is 6.92 Å². The molecule has 64 heavy (non-hydrogen) atoms. The highest BCUT2D eigenvalue weighted by molar-refractivity contribution is 6.74. The molecular formula is C53H62N4O6Si. The van der Waals surface area contributed by atoms with Gasteiger partial charge in [0.2, 0.25) is 0 Å². The molecule has 0 saturated heterocycles. The summed E-state index contributed by atoms with van der Waals surface area (Å²) in [6, 6.07) is 33.0. The molecule has 1 aliphatic rings. The first kappa shape index (κ1) is 45.8. The Kier molecular flexibility index (Phi) is 14.1. The minimum atomic E-state index is -2.13. The maximum absolute atomic E-state index is 12.5. The van der Waals surface area contributed by atoms with Gasteiger partial charge in [0.05, 0.1) is 30.0 Å². The summed E-state index contributed by atoms with van der Waals surface area (Å²) >= 11 is 0. The average Bonchev–Trinajstić information content (AvgIpc) is 3.26. The molecule has 1 atom stereocenters. The number of aromatic hydroxyl groups is 1. The lowest BCUT2D eigenvalue weighted by atomic mass is 9.96. The van der Waals surface area contributed by atoms with Crippen LogP contribution in [-0.2, 0) is 22.1 Å². The molecule has 11 heteroatoms. The monoisotopic (exact) mass is 878 g/mol. The van der Waals surface area contributed by atoms with Crippen LogP contribution in [0.5, 0.6) is 17.2 Å². The highest BCUT2D eigenvalue weighted by Gasteiger charge is 2.40. The van der Waals surface area contributed by atoms with Crippen molar-refractivity contribution in [2.24, 2.45) is 5.73 Å². The topological polar surface area (TPSA) is 145 Å². The van der Waals surface area contributed by atoms with Crippen molar-refractivity contribution in [2.45, 2.75) is 103 Å². The molecule has 0 radical (unpaired) electrons. The number of unbranched alkanes of at least 4 members (excludes halogenated alkanes) is 4. The Morgan fingerprint density at radius 2 is 1.59 bits per heavy atom. The normalized spacial score (nSPS) is 13.2. The lowest BCUT2D eigenvalue weighted by Gasteiger charge is -2.40. The smallest absolute Gasteiger partial charge is 0.262 e. The van der Waals surface area contributed by atoms with E-state index in [4.69, 9.17) is 19.6 Å². The lowest BCUT2D eigenvalue weighted by molar-refractivity contribution is -0.118. The third-order valence-corrected chi connectivity index (χ3v) is 17.3. The first-order valence-corrected chi connectivity index (χ1v) is 25.3. The molecule has 0 unspecified atom stereocenters. The number of fused-ring (bicyclic) bond motifs is 2. The summed E-state index contributed by atoms with van der Waals surface area (Å²) in [7, 11) is -0.511. The fourth-order valence-corrected chi connectivity index (χ4v) is 9.48. The number of anilines is 3. The van der Waals surface area contributed by atoms with E-state index in [2.05, 4.69) is 110 Å². The van der Waals surface area contributed by atoms with Gasteiger partial charge in [-0.3, -0.25) is 14.6 Å². The van der Waals surface area contributed by atoms with Gasteiger partial charge >= 0.3 is 0 Å². The molecule has 6 aromatic rings. The van der Waals surface area contributed by atoms with Crippen LogP contribution in [0.25, 0.3) is 22.0 Å². The fourth-order valence-electron chi connectivity index (χ4n) is 8.17. The van der Waals surface area contributed by atoms with Crippen molar-refractivity contribution in [1.29, 1.82) is 0 Å². The number of carbonyl (C=O) groups is 2. The van der Waals surface area contributed by atoms with Gasteiger partial charge in [-0.1, -0.05) is 107 Å². The molecule has 2 heterocycles. The molecule has 0 saturated carbocycles. The molecule has 0 spiro atoms. The predicted molar refractivity (Wildman–Crippen MR) is 261 cm³/mol. The third kappa shape index (κ3) is 10.8. The number of pyridine rings is 1. The van der Waals surface area contributed by atoms with Crippen LogP contribution in [0.15, 0.2) is 103 Å². The van der Waals surface area contributed by atoms with Crippen LogP contribution in [0.4, 0.5) is 17.1 Å². The van der Waals surface area contributed by atoms with Gasteiger partial charge in [0.25, 0.3) is 11.8 Å². The SMILES string of the molecule is COc1cccc(Nc2c(C(N)=O)cnc3c(C)cc(Cc4ccc(-c5ccc(CCCCCCC[C@H](O[Si](C)(C)C(C)(C)C)c6ccc(O)c7c6OCC(=O)N7)cc5)cc4)cc23)c1. The predicted octanol–water partition coefficient (Wildman–Crippen LogP) is 12.3. The number of primary amides is 1. The van der Waals surface area contributed by atoms with Gasteiger partial charge in [0, 0.05) is 28.9 Å². The fraction of sp³-hybridized carbons (Fsp3) is 0.340. The molecule has 0 aliphatic carbocycles. The average molecular weight is 879 g/mol. The minimum Gasteiger partial charge on any atom is -0.506 e. The van der Waals surface area contributed by atoms with E-state index in [9.17, 15) is 14.7 Å². The highest BCUT2D eigenvalue weighted by Crippen LogP contribution is 2.47. The highest BCUT2D eigenvalue weighted by atomic mass is 28.4. The molecular weight excluding hydrogens is 817 g/mol. The zero-order chi connectivity index (χ0) is 45.6. The molecule has 7 rings (SSSR count). The van der Waals surface area contributed by atoms with Crippen molar-refractivity contribution in [1.82, 2.24) is 4.98 Å². The Bertz CT molecular complexity index is 2620. The third-order valence-electron chi connectivity index (χ3n) is 12.8. The van der Waals surface area contributed by atoms with E-state index in [0.717, 1.165) is 84.6 Å². The summed E-state index contributed by atoms with van der Waals surface area (Å²) in [4.78, 5) is 29.2. The molecule has 1 aliphatic heterocycles. The number of phenols is 1. The number of aromatic nitrogens is 1. The molecule has 0 fully saturated rings. The standard InChI is InChI=1S/C53H62N4O6Si/c1-34-28-37(30-43-48(34)55-32-44(52(54)60)49(43)56-40-15-13-16-41(31-40)61-5)29-36-20-24-39(25-21-36)38-22-18-35(19-23-38)14-11-9-8-10-12-17-46(63-64(6,7)53(2,3)4)42-26-27-45(58)50-51(42)62-33-47(59)57-50/h13,15-16,18-28,30-32,46,58H,8-12,14,17,29,33H2,1-7H3,(H2,54,60)(H,55,56)(H,57,59)/t46-/m0/s1. The summed E-state index contributed by atoms with van der Waals surface area (Å²) in [5.74, 6) is 0.410. The lowest BCUT2D eigenvalue weighted by Crippen LogP contribution is -2.42. The van der Waals surface area contributed by atoms with E-state index in [0.29, 0.717) is 28.4 Å². The number of amides is 2. The first-order valence-electron chi connectivity index (χ1n) is 22.4. The zero-order valence-corrected chi connectivity index (χ0v) is 39.3. The number of phenolic OH excluding ortho intramolecular Hbond substituents is 1. The van der Waals surface area contributed by atoms with Crippen LogP contribution in [-0.4, -0.2) is 43.9 Å². The summed E-state index contributed by atoms with van der Waals surface area (Å²) in [6.45, 7) is 13.2. The summed E-state index contributed by atoms with van der Waals surface area (Å²) in [5.41, 5.74) is 16.6. The Hall–Kier alpha value is -6.17. The van der Waals surface area contributed by atoms with E-state index in [1.807, 2.05) is 37.3 Å². The van der Waals surface area contributed by atoms with Crippen LogP contribution in [0.1, 0.15) is 104 Å². The number of rotatable bonds is 18. The second-order valence-corrected chi connectivity index (χ2v) is 23.3. The van der Waals surface area contributed by atoms with E-state index in [1.54, 1.807) is 19.4 Å². The van der Waals surface area contributed by atoms with Gasteiger partial charge in [0.1, 0.15) is 17.2 Å². The second kappa shape index (κ2) is 19.7. The number of methoxy groups -OCH3 is 1. The van der Waals surface area contributed by atoms with E-state index >= 15 is 0 Å². The van der Waals surface area contributed by atoms with Crippen LogP contribution in [0.3, 0.4) is 0 Å². The number of aryl methyl sites for hydroxylation is 2. The second-order valence-electron chi connectivity index (χ2n) is 18.5. The minimum absolute atomic E-state index is 0.00288. The van der Waals surface area contributed by atoms with Crippen molar-refractivity contribution in [3.05, 3.63) is 137 Å². The molecule has 1 aromatic heterocycles. The molecule has 5 aromatic carbocycles. The Morgan fingerprint density at radius 1 is 0.906 bits per heavy atom. The van der Waals surface area contributed by atoms with Gasteiger partial charge in [0.15, 0.2) is 20.7 Å². The number of hydrogen-bond acceptors (Lipinski definition) is 8. The Labute approximate surface area is 378 Å². The van der Waals surface area contributed by atoms with Crippen molar-refractivity contribution in [2.75, 3.05) is 24.4 Å². The van der Waals surface area contributed by atoms with Gasteiger partial charge in [-0.15, -0.1) is 0 Å². The maximum atomic E-state index is 12.5. The quantitative estimate of drug-likeness (QED) is 0.0379. The summed E-state index contributed by atoms with van der Waals surface area (Å²) < 4.78 is 18.3. The maximum Gasteiger partial charge on any atom is 0.262 e. The van der Waals surface area contributed by atoms with Gasteiger partial charge in [-0.2, -0.15) is 0 Å². The van der Waals surface area contributed by atoms with Crippen LogP contribution >= 0.6 is 0 Å². The van der Waals surface area contributed by atoms with Crippen molar-refractivity contribution < 1.29 is 28.6 Å². The molecule has 10 nitrogen and oxygen atoms in total. The van der Waals surface area contributed by atoms with Crippen LogP contribution < -0.4 is 25.8 Å². The molecule has 5 N–H and O–H groups in total. The number of nitrogens with one attached hydrogen (secondary N) is 2. The van der Waals surface area contributed by atoms with Gasteiger partial charge in [-0.05, 0) is 114 Å². The Balaban J connectivity index is 0.927. The van der Waals surface area contributed by atoms with E-state index in [-0.39, 0.29) is 29.4 Å². The number of nitrogens with two attached hydrogens (primary N) is 1. The summed E-state index contributed by atoms with van der Waals surface area (Å²) in [5, 5.41) is 17.6. The van der Waals surface area contributed by atoms with Crippen LogP contribution in [0.2, 0.25) is 18.1 Å². The number of carbonyl (C=O) groups excluding carboxylic acids is 2. The molecule has 2 amide bonds. The van der Waals surface area contributed by atoms with Crippen molar-refractivity contribution in [3.63, 3.8) is 0 Å². The van der Waals surface area contributed by atoms with E-state index < -0.39 is 14.2 Å². The zero-order valence-electron chi connectivity index (χ0n) is 38.3. The number of hydrogen-bond donors (Lipinski definition) is 4. The van der Waals surface area contributed by atoms with E-state index in [1.165, 1.54) is 22.3 Å².